The third kappa shape index (κ3) is 3.74. The molecule has 0 amide bonds. The molecular formula is C6H14NO2S+. The maximum Gasteiger partial charge on any atom is 0.325 e. The molecule has 0 saturated heterocycles. The summed E-state index contributed by atoms with van der Waals surface area (Å²) in [5.41, 5.74) is 5.30. The topological polar surface area (TPSA) is 63.3 Å². The minimum atomic E-state index is -0.896. The second-order valence-electron chi connectivity index (χ2n) is 2.18. The first-order valence-electron chi connectivity index (χ1n) is 3.15. The minimum Gasteiger partial charge on any atom is -0.480 e. The van der Waals surface area contributed by atoms with E-state index in [-0.39, 0.29) is 10.9 Å². The van der Waals surface area contributed by atoms with Crippen molar-refractivity contribution < 1.29 is 9.90 Å². The Morgan fingerprint density at radius 1 is 1.80 bits per heavy atom. The largest absolute Gasteiger partial charge is 0.480 e. The number of nitrogens with two attached hydrogens (primary N) is 1. The minimum absolute atomic E-state index is 0.167. The van der Waals surface area contributed by atoms with Crippen molar-refractivity contribution >= 4 is 16.9 Å². The van der Waals surface area contributed by atoms with Gasteiger partial charge in [0.15, 0.2) is 0 Å². The highest BCUT2D eigenvalue weighted by atomic mass is 32.2. The molecule has 0 fully saturated rings. The van der Waals surface area contributed by atoms with E-state index in [1.54, 1.807) is 0 Å². The SMILES string of the molecule is CC[S+](C)C[C@H](N)C(=O)O. The van der Waals surface area contributed by atoms with E-state index in [1.807, 2.05) is 13.2 Å². The van der Waals surface area contributed by atoms with E-state index in [9.17, 15) is 4.79 Å². The summed E-state index contributed by atoms with van der Waals surface area (Å²) >= 11 is 0. The lowest BCUT2D eigenvalue weighted by Gasteiger charge is -2.03. The molecule has 4 heteroatoms. The molecule has 0 spiro atoms. The van der Waals surface area contributed by atoms with Gasteiger partial charge >= 0.3 is 5.97 Å². The standard InChI is InChI=1S/C6H13NO2S/c1-3-10(2)4-5(7)6(8)9/h5H,3-4,7H2,1-2H3/p+1/t5-,10?/m0/s1. The molecule has 60 valence electrons. The van der Waals surface area contributed by atoms with E-state index >= 15 is 0 Å². The first kappa shape index (κ1) is 9.78. The fourth-order valence-corrected chi connectivity index (χ4v) is 1.49. The van der Waals surface area contributed by atoms with Gasteiger partial charge in [0.1, 0.15) is 17.5 Å². The van der Waals surface area contributed by atoms with Gasteiger partial charge in [0.2, 0.25) is 0 Å². The Hall–Kier alpha value is -0.220. The maximum atomic E-state index is 10.2. The van der Waals surface area contributed by atoms with Crippen LogP contribution in [0.1, 0.15) is 6.92 Å². The van der Waals surface area contributed by atoms with Crippen LogP contribution >= 0.6 is 0 Å². The molecule has 3 nitrogen and oxygen atoms in total. The lowest BCUT2D eigenvalue weighted by molar-refractivity contribution is -0.137. The zero-order valence-electron chi connectivity index (χ0n) is 6.33. The summed E-state index contributed by atoms with van der Waals surface area (Å²) in [5, 5.41) is 8.41. The van der Waals surface area contributed by atoms with Crippen molar-refractivity contribution in [3.63, 3.8) is 0 Å². The van der Waals surface area contributed by atoms with Crippen molar-refractivity contribution in [2.24, 2.45) is 5.73 Å². The van der Waals surface area contributed by atoms with Crippen LogP contribution in [0.25, 0.3) is 0 Å². The Balaban J connectivity index is 3.56. The summed E-state index contributed by atoms with van der Waals surface area (Å²) in [5.74, 6) is 0.722. The highest BCUT2D eigenvalue weighted by Crippen LogP contribution is 1.93. The predicted octanol–water partition coefficient (Wildman–Crippen LogP) is -0.334. The Kier molecular flexibility index (Phi) is 4.47. The van der Waals surface area contributed by atoms with Gasteiger partial charge in [0.25, 0.3) is 0 Å². The molecule has 0 aliphatic carbocycles. The number of hydrogen-bond acceptors (Lipinski definition) is 2. The molecular weight excluding hydrogens is 150 g/mol. The zero-order chi connectivity index (χ0) is 8.15. The molecule has 0 rings (SSSR count). The molecule has 1 unspecified atom stereocenters. The third-order valence-electron chi connectivity index (χ3n) is 1.27. The summed E-state index contributed by atoms with van der Waals surface area (Å²) in [6.07, 6.45) is 2.03. The van der Waals surface area contributed by atoms with E-state index in [1.165, 1.54) is 0 Å². The number of hydrogen-bond donors (Lipinski definition) is 2. The fraction of sp³-hybridized carbons (Fsp3) is 0.833. The van der Waals surface area contributed by atoms with Gasteiger partial charge < -0.3 is 10.8 Å². The van der Waals surface area contributed by atoms with Crippen LogP contribution in [-0.2, 0) is 15.7 Å². The van der Waals surface area contributed by atoms with E-state index in [2.05, 4.69) is 0 Å². The molecule has 0 aliphatic rings. The van der Waals surface area contributed by atoms with Crippen LogP contribution < -0.4 is 5.73 Å². The van der Waals surface area contributed by atoms with Crippen LogP contribution in [0.3, 0.4) is 0 Å². The Bertz CT molecular complexity index is 118. The van der Waals surface area contributed by atoms with E-state index in [0.717, 1.165) is 5.75 Å². The molecule has 2 atom stereocenters. The van der Waals surface area contributed by atoms with Gasteiger partial charge in [-0.3, -0.25) is 4.79 Å². The van der Waals surface area contributed by atoms with Crippen molar-refractivity contribution in [3.05, 3.63) is 0 Å². The van der Waals surface area contributed by atoms with Crippen molar-refractivity contribution in [3.8, 4) is 0 Å². The molecule has 0 heterocycles. The van der Waals surface area contributed by atoms with Gasteiger partial charge in [0, 0.05) is 0 Å². The average Bonchev–Trinajstić information content (AvgIpc) is 1.87. The second-order valence-corrected chi connectivity index (χ2v) is 4.66. The fourth-order valence-electron chi connectivity index (χ4n) is 0.496. The number of rotatable bonds is 4. The van der Waals surface area contributed by atoms with Crippen molar-refractivity contribution in [2.45, 2.75) is 13.0 Å². The summed E-state index contributed by atoms with van der Waals surface area (Å²) in [7, 11) is 0.167. The quantitative estimate of drug-likeness (QED) is 0.559. The predicted molar refractivity (Wildman–Crippen MR) is 44.3 cm³/mol. The van der Waals surface area contributed by atoms with Crippen LogP contribution in [0.4, 0.5) is 0 Å². The lowest BCUT2D eigenvalue weighted by atomic mass is 10.4. The molecule has 0 radical (unpaired) electrons. The normalized spacial score (nSPS) is 16.3. The monoisotopic (exact) mass is 164 g/mol. The maximum absolute atomic E-state index is 10.2. The molecule has 0 bridgehead atoms. The molecule has 0 aromatic carbocycles. The van der Waals surface area contributed by atoms with E-state index in [4.69, 9.17) is 10.8 Å². The number of aliphatic carboxylic acids is 1. The lowest BCUT2D eigenvalue weighted by Crippen LogP contribution is -2.37. The number of carboxylic acids is 1. The van der Waals surface area contributed by atoms with Gasteiger partial charge in [0.05, 0.1) is 6.26 Å². The zero-order valence-corrected chi connectivity index (χ0v) is 7.15. The van der Waals surface area contributed by atoms with Crippen molar-refractivity contribution in [1.29, 1.82) is 0 Å². The van der Waals surface area contributed by atoms with Gasteiger partial charge in [-0.2, -0.15) is 0 Å². The van der Waals surface area contributed by atoms with Crippen LogP contribution in [0.15, 0.2) is 0 Å². The molecule has 0 aromatic heterocycles. The van der Waals surface area contributed by atoms with Crippen LogP contribution in [0.2, 0.25) is 0 Å². The summed E-state index contributed by atoms with van der Waals surface area (Å²) in [4.78, 5) is 10.2. The molecule has 0 aliphatic heterocycles. The van der Waals surface area contributed by atoms with Gasteiger partial charge in [-0.05, 0) is 17.8 Å². The summed E-state index contributed by atoms with van der Waals surface area (Å²) in [6.45, 7) is 2.04. The van der Waals surface area contributed by atoms with Crippen molar-refractivity contribution in [1.82, 2.24) is 0 Å². The molecule has 10 heavy (non-hydrogen) atoms. The third-order valence-corrected chi connectivity index (χ3v) is 3.19. The van der Waals surface area contributed by atoms with Crippen molar-refractivity contribution in [2.75, 3.05) is 17.8 Å². The van der Waals surface area contributed by atoms with Gasteiger partial charge in [-0.15, -0.1) is 0 Å². The highest BCUT2D eigenvalue weighted by molar-refractivity contribution is 7.96. The first-order chi connectivity index (χ1) is 4.57. The van der Waals surface area contributed by atoms with Crippen LogP contribution in [-0.4, -0.2) is 34.9 Å². The van der Waals surface area contributed by atoms with E-state index < -0.39 is 12.0 Å². The Morgan fingerprint density at radius 2 is 2.30 bits per heavy atom. The summed E-state index contributed by atoms with van der Waals surface area (Å²) in [6, 6.07) is -0.673. The molecule has 3 N–H and O–H groups in total. The van der Waals surface area contributed by atoms with E-state index in [0.29, 0.717) is 5.75 Å². The Morgan fingerprint density at radius 3 is 2.60 bits per heavy atom. The second kappa shape index (κ2) is 4.57. The average molecular weight is 164 g/mol. The van der Waals surface area contributed by atoms with Crippen LogP contribution in [0.5, 0.6) is 0 Å². The van der Waals surface area contributed by atoms with Gasteiger partial charge in [-0.25, -0.2) is 0 Å². The molecule has 0 saturated carbocycles. The molecule has 0 aromatic rings. The Labute approximate surface area is 64.0 Å². The first-order valence-corrected chi connectivity index (χ1v) is 5.12. The smallest absolute Gasteiger partial charge is 0.325 e. The highest BCUT2D eigenvalue weighted by Gasteiger charge is 2.19. The van der Waals surface area contributed by atoms with Gasteiger partial charge in [-0.1, -0.05) is 0 Å². The number of carboxylic acid groups (broad SMARTS) is 1. The summed E-state index contributed by atoms with van der Waals surface area (Å²) < 4.78 is 0. The number of carbonyl (C=O) groups is 1. The van der Waals surface area contributed by atoms with Crippen LogP contribution in [0, 0.1) is 0 Å².